The monoisotopic (exact) mass is 400 g/mol. The van der Waals surface area contributed by atoms with E-state index in [-0.39, 0.29) is 5.91 Å². The van der Waals surface area contributed by atoms with Crippen molar-refractivity contribution in [3.05, 3.63) is 89.0 Å². The van der Waals surface area contributed by atoms with Gasteiger partial charge in [0.15, 0.2) is 0 Å². The Labute approximate surface area is 178 Å². The number of benzene rings is 3. The van der Waals surface area contributed by atoms with Crippen molar-refractivity contribution in [1.82, 2.24) is 0 Å². The molecule has 0 fully saturated rings. The molecule has 1 N–H and O–H groups in total. The molecule has 0 aromatic heterocycles. The number of anilines is 2. The van der Waals surface area contributed by atoms with Gasteiger partial charge in [-0.05, 0) is 59.4 Å². The maximum atomic E-state index is 13.2. The Morgan fingerprint density at radius 3 is 2.63 bits per heavy atom. The summed E-state index contributed by atoms with van der Waals surface area (Å²) in [6, 6.07) is 22.0. The first kappa shape index (κ1) is 20.0. The first-order valence-electron chi connectivity index (χ1n) is 10.5. The summed E-state index contributed by atoms with van der Waals surface area (Å²) in [5.41, 5.74) is 6.07. The largest absolute Gasteiger partial charge is 0.488 e. The zero-order valence-electron chi connectivity index (χ0n) is 17.8. The smallest absolute Gasteiger partial charge is 0.259 e. The van der Waals surface area contributed by atoms with Crippen LogP contribution in [0.4, 0.5) is 11.4 Å². The van der Waals surface area contributed by atoms with Gasteiger partial charge in [-0.3, -0.25) is 4.79 Å². The summed E-state index contributed by atoms with van der Waals surface area (Å²) in [5, 5.41) is 3.07. The summed E-state index contributed by atoms with van der Waals surface area (Å²) in [6.45, 7) is 5.69. The third-order valence-electron chi connectivity index (χ3n) is 5.62. The number of hydrogen-bond acceptors (Lipinski definition) is 3. The number of nitrogens with zero attached hydrogens (tertiary/aromatic N) is 1. The zero-order chi connectivity index (χ0) is 21.1. The standard InChI is InChI=1S/C26H28N2O2/c1-18(2)20-9-12-25(30-17-19-7-5-4-6-8-19)23(16-20)26(29)27-22-10-11-24-21(15-22)13-14-28(24)3/h4-12,15-16,18H,13-14,17H2,1-3H3,(H,27,29). The van der Waals surface area contributed by atoms with Crippen LogP contribution in [0.3, 0.4) is 0 Å². The van der Waals surface area contributed by atoms with Crippen LogP contribution in [0.25, 0.3) is 0 Å². The van der Waals surface area contributed by atoms with Crippen LogP contribution in [-0.2, 0) is 13.0 Å². The molecule has 0 spiro atoms. The second-order valence-electron chi connectivity index (χ2n) is 8.15. The lowest BCUT2D eigenvalue weighted by Crippen LogP contribution is -2.15. The van der Waals surface area contributed by atoms with Crippen molar-refractivity contribution in [2.45, 2.75) is 32.8 Å². The molecule has 154 valence electrons. The zero-order valence-corrected chi connectivity index (χ0v) is 17.8. The van der Waals surface area contributed by atoms with E-state index in [0.717, 1.165) is 29.8 Å². The van der Waals surface area contributed by atoms with Crippen molar-refractivity contribution in [3.63, 3.8) is 0 Å². The van der Waals surface area contributed by atoms with Gasteiger partial charge in [0.1, 0.15) is 12.4 Å². The fourth-order valence-electron chi connectivity index (χ4n) is 3.79. The molecule has 4 heteroatoms. The molecule has 0 bridgehead atoms. The first-order valence-corrected chi connectivity index (χ1v) is 10.5. The Bertz CT molecular complexity index is 1040. The van der Waals surface area contributed by atoms with Crippen molar-refractivity contribution in [1.29, 1.82) is 0 Å². The van der Waals surface area contributed by atoms with Gasteiger partial charge in [-0.25, -0.2) is 0 Å². The van der Waals surface area contributed by atoms with Gasteiger partial charge in [0.25, 0.3) is 5.91 Å². The van der Waals surface area contributed by atoms with E-state index in [1.165, 1.54) is 11.3 Å². The number of nitrogens with one attached hydrogen (secondary N) is 1. The van der Waals surface area contributed by atoms with Gasteiger partial charge in [-0.15, -0.1) is 0 Å². The fraction of sp³-hybridized carbons (Fsp3) is 0.269. The van der Waals surface area contributed by atoms with Crippen molar-refractivity contribution in [2.24, 2.45) is 0 Å². The van der Waals surface area contributed by atoms with Gasteiger partial charge in [-0.1, -0.05) is 50.2 Å². The van der Waals surface area contributed by atoms with Crippen LogP contribution in [0.5, 0.6) is 5.75 Å². The molecule has 0 aliphatic carbocycles. The number of ether oxygens (including phenoxy) is 1. The summed E-state index contributed by atoms with van der Waals surface area (Å²) in [5.74, 6) is 0.781. The van der Waals surface area contributed by atoms with E-state index < -0.39 is 0 Å². The van der Waals surface area contributed by atoms with Crippen molar-refractivity contribution < 1.29 is 9.53 Å². The SMILES string of the molecule is CC(C)c1ccc(OCc2ccccc2)c(C(=O)Nc2ccc3c(c2)CCN3C)c1. The van der Waals surface area contributed by atoms with Gasteiger partial charge < -0.3 is 15.0 Å². The van der Waals surface area contributed by atoms with E-state index >= 15 is 0 Å². The van der Waals surface area contributed by atoms with Crippen molar-refractivity contribution in [2.75, 3.05) is 23.8 Å². The molecule has 4 nitrogen and oxygen atoms in total. The molecule has 30 heavy (non-hydrogen) atoms. The summed E-state index contributed by atoms with van der Waals surface area (Å²) < 4.78 is 6.04. The number of likely N-dealkylation sites (N-methyl/N-ethyl adjacent to an activating group) is 1. The van der Waals surface area contributed by atoms with E-state index in [2.05, 4.69) is 43.2 Å². The van der Waals surface area contributed by atoms with E-state index in [1.807, 2.05) is 54.6 Å². The third-order valence-corrected chi connectivity index (χ3v) is 5.62. The maximum absolute atomic E-state index is 13.2. The lowest BCUT2D eigenvalue weighted by atomic mass is 9.99. The lowest BCUT2D eigenvalue weighted by Gasteiger charge is -2.16. The highest BCUT2D eigenvalue weighted by molar-refractivity contribution is 6.06. The summed E-state index contributed by atoms with van der Waals surface area (Å²) in [6.07, 6.45) is 1.00. The highest BCUT2D eigenvalue weighted by Crippen LogP contribution is 2.30. The second kappa shape index (κ2) is 8.62. The predicted octanol–water partition coefficient (Wildman–Crippen LogP) is 5.63. The predicted molar refractivity (Wildman–Crippen MR) is 123 cm³/mol. The minimum absolute atomic E-state index is 0.146. The minimum Gasteiger partial charge on any atom is -0.488 e. The fourth-order valence-corrected chi connectivity index (χ4v) is 3.79. The molecular weight excluding hydrogens is 372 g/mol. The molecule has 1 aliphatic heterocycles. The number of hydrogen-bond donors (Lipinski definition) is 1. The van der Waals surface area contributed by atoms with Crippen LogP contribution in [0.15, 0.2) is 66.7 Å². The van der Waals surface area contributed by atoms with Crippen LogP contribution in [0.1, 0.15) is 46.8 Å². The maximum Gasteiger partial charge on any atom is 0.259 e. The van der Waals surface area contributed by atoms with Gasteiger partial charge in [0.2, 0.25) is 0 Å². The van der Waals surface area contributed by atoms with E-state index in [1.54, 1.807) is 0 Å². The molecule has 0 saturated carbocycles. The van der Waals surface area contributed by atoms with E-state index in [9.17, 15) is 4.79 Å². The average molecular weight is 401 g/mol. The normalized spacial score (nSPS) is 12.7. The quantitative estimate of drug-likeness (QED) is 0.583. The second-order valence-corrected chi connectivity index (χ2v) is 8.15. The van der Waals surface area contributed by atoms with E-state index in [4.69, 9.17) is 4.74 Å². The first-order chi connectivity index (χ1) is 14.5. The minimum atomic E-state index is -0.146. The molecular formula is C26H28N2O2. The number of rotatable bonds is 6. The Morgan fingerprint density at radius 1 is 1.07 bits per heavy atom. The van der Waals surface area contributed by atoms with Gasteiger partial charge >= 0.3 is 0 Å². The molecule has 0 unspecified atom stereocenters. The van der Waals surface area contributed by atoms with Crippen molar-refractivity contribution in [3.8, 4) is 5.75 Å². The Morgan fingerprint density at radius 2 is 1.87 bits per heavy atom. The molecule has 3 aromatic carbocycles. The molecule has 4 rings (SSSR count). The molecule has 3 aromatic rings. The molecule has 1 amide bonds. The summed E-state index contributed by atoms with van der Waals surface area (Å²) in [7, 11) is 2.10. The third kappa shape index (κ3) is 4.33. The molecule has 0 atom stereocenters. The summed E-state index contributed by atoms with van der Waals surface area (Å²) >= 11 is 0. The number of fused-ring (bicyclic) bond motifs is 1. The molecule has 0 radical (unpaired) electrons. The van der Waals surface area contributed by atoms with Crippen LogP contribution >= 0.6 is 0 Å². The summed E-state index contributed by atoms with van der Waals surface area (Å²) in [4.78, 5) is 15.4. The van der Waals surface area contributed by atoms with Crippen molar-refractivity contribution >= 4 is 17.3 Å². The Hall–Kier alpha value is -3.27. The number of carbonyl (C=O) groups excluding carboxylic acids is 1. The van der Waals surface area contributed by atoms with Crippen LogP contribution in [0, 0.1) is 0 Å². The van der Waals surface area contributed by atoms with Gasteiger partial charge in [0, 0.05) is 25.0 Å². The molecule has 1 aliphatic rings. The van der Waals surface area contributed by atoms with Gasteiger partial charge in [0.05, 0.1) is 5.56 Å². The van der Waals surface area contributed by atoms with Gasteiger partial charge in [-0.2, -0.15) is 0 Å². The number of amides is 1. The van der Waals surface area contributed by atoms with Crippen LogP contribution in [0.2, 0.25) is 0 Å². The average Bonchev–Trinajstić information content (AvgIpc) is 3.13. The number of carbonyl (C=O) groups is 1. The van der Waals surface area contributed by atoms with Crippen LogP contribution in [-0.4, -0.2) is 19.5 Å². The molecule has 1 heterocycles. The highest BCUT2D eigenvalue weighted by Gasteiger charge is 2.18. The Kier molecular flexibility index (Phi) is 5.75. The lowest BCUT2D eigenvalue weighted by molar-refractivity contribution is 0.102. The van der Waals surface area contributed by atoms with Crippen LogP contribution < -0.4 is 15.0 Å². The highest BCUT2D eigenvalue weighted by atomic mass is 16.5. The molecule has 0 saturated heterocycles. The Balaban J connectivity index is 1.57. The van der Waals surface area contributed by atoms with E-state index in [0.29, 0.717) is 23.8 Å². The topological polar surface area (TPSA) is 41.6 Å².